The summed E-state index contributed by atoms with van der Waals surface area (Å²) in [4.78, 5) is 37.1. The largest absolute Gasteiger partial charge is 0.480 e. The van der Waals surface area contributed by atoms with Crippen molar-refractivity contribution >= 4 is 34.2 Å². The maximum Gasteiger partial charge on any atom is 0.411 e. The summed E-state index contributed by atoms with van der Waals surface area (Å²) in [5.41, 5.74) is 2.62. The molecular weight excluding hydrogens is 613 g/mol. The second kappa shape index (κ2) is 12.9. The summed E-state index contributed by atoms with van der Waals surface area (Å²) in [7, 11) is 3.76. The lowest BCUT2D eigenvalue weighted by atomic mass is 9.96. The van der Waals surface area contributed by atoms with E-state index in [2.05, 4.69) is 15.3 Å². The van der Waals surface area contributed by atoms with Gasteiger partial charge in [-0.05, 0) is 42.3 Å². The van der Waals surface area contributed by atoms with Gasteiger partial charge in [-0.15, -0.1) is 0 Å². The van der Waals surface area contributed by atoms with E-state index < -0.39 is 59.6 Å². The molecule has 1 saturated heterocycles. The van der Waals surface area contributed by atoms with Gasteiger partial charge in [0, 0.05) is 56.1 Å². The van der Waals surface area contributed by atoms with Crippen LogP contribution in [0.5, 0.6) is 0 Å². The fraction of sp³-hybridized carbons (Fsp3) is 0.312. The second-order valence-electron chi connectivity index (χ2n) is 11.1. The van der Waals surface area contributed by atoms with E-state index in [1.807, 2.05) is 32.0 Å². The number of nitrogens with one attached hydrogen (secondary N) is 1. The van der Waals surface area contributed by atoms with Gasteiger partial charge in [-0.3, -0.25) is 14.8 Å². The minimum Gasteiger partial charge on any atom is -0.480 e. The van der Waals surface area contributed by atoms with Gasteiger partial charge >= 0.3 is 12.1 Å². The fourth-order valence-electron chi connectivity index (χ4n) is 5.48. The summed E-state index contributed by atoms with van der Waals surface area (Å²) in [6.07, 6.45) is -1.70. The summed E-state index contributed by atoms with van der Waals surface area (Å²) in [5, 5.41) is 12.7. The number of carbonyl (C=O) groups excluding carboxylic acids is 1. The third kappa shape index (κ3) is 6.57. The van der Waals surface area contributed by atoms with Crippen molar-refractivity contribution in [1.29, 1.82) is 0 Å². The molecule has 0 radical (unpaired) electrons. The van der Waals surface area contributed by atoms with Crippen LogP contribution in [0.2, 0.25) is 0 Å². The van der Waals surface area contributed by atoms with Gasteiger partial charge in [0.25, 0.3) is 5.91 Å². The zero-order valence-electron chi connectivity index (χ0n) is 25.0. The molecule has 2 atom stereocenters. The van der Waals surface area contributed by atoms with Crippen molar-refractivity contribution in [1.82, 2.24) is 15.3 Å². The van der Waals surface area contributed by atoms with Crippen molar-refractivity contribution in [2.45, 2.75) is 31.6 Å². The normalized spacial score (nSPS) is 15.9. The van der Waals surface area contributed by atoms with Gasteiger partial charge in [0.05, 0.1) is 30.1 Å². The van der Waals surface area contributed by atoms with Crippen LogP contribution >= 0.6 is 0 Å². The average molecular weight is 644 g/mol. The van der Waals surface area contributed by atoms with Crippen LogP contribution in [0.3, 0.4) is 0 Å². The number of pyridine rings is 2. The molecule has 3 heterocycles. The van der Waals surface area contributed by atoms with Crippen molar-refractivity contribution < 1.29 is 41.4 Å². The molecule has 1 aliphatic rings. The zero-order valence-corrected chi connectivity index (χ0v) is 25.0. The topological polar surface area (TPSA) is 108 Å². The molecule has 2 aromatic carbocycles. The predicted octanol–water partition coefficient (Wildman–Crippen LogP) is 5.14. The van der Waals surface area contributed by atoms with Gasteiger partial charge in [0.1, 0.15) is 29.3 Å². The molecule has 2 N–H and O–H groups in total. The number of hydrogen-bond acceptors (Lipinski definition) is 7. The van der Waals surface area contributed by atoms with Crippen LogP contribution in [0.25, 0.3) is 22.2 Å². The number of nitrogens with zero attached hydrogens (tertiary/aromatic N) is 4. The minimum absolute atomic E-state index is 0.0954. The Morgan fingerprint density at radius 1 is 1.13 bits per heavy atom. The summed E-state index contributed by atoms with van der Waals surface area (Å²) in [5.74, 6) is -5.72. The van der Waals surface area contributed by atoms with E-state index in [9.17, 15) is 27.9 Å². The van der Waals surface area contributed by atoms with Gasteiger partial charge in [0.2, 0.25) is 0 Å². The molecule has 0 saturated carbocycles. The Morgan fingerprint density at radius 2 is 1.85 bits per heavy atom. The molecule has 46 heavy (non-hydrogen) atoms. The number of anilines is 2. The molecule has 0 spiro atoms. The predicted molar refractivity (Wildman–Crippen MR) is 161 cm³/mol. The van der Waals surface area contributed by atoms with Crippen molar-refractivity contribution in [2.24, 2.45) is 0 Å². The van der Waals surface area contributed by atoms with Crippen LogP contribution in [-0.4, -0.2) is 79.1 Å². The number of fused-ring (bicyclic) bond motifs is 1. The lowest BCUT2D eigenvalue weighted by Crippen LogP contribution is -2.53. The Kier molecular flexibility index (Phi) is 9.10. The number of amides is 1. The van der Waals surface area contributed by atoms with E-state index in [0.29, 0.717) is 39.9 Å². The molecule has 4 aromatic rings. The molecule has 1 amide bonds. The first-order chi connectivity index (χ1) is 21.8. The van der Waals surface area contributed by atoms with Crippen molar-refractivity contribution in [3.05, 3.63) is 83.2 Å². The maximum atomic E-state index is 15.1. The summed E-state index contributed by atoms with van der Waals surface area (Å²) in [6.45, 7) is 0.817. The standard InChI is InChI=1S/C32H30F5N5O4/c1-17-11-25(41(2)3)29(39-15-17)21-7-6-18(20-5-4-8-38-28(20)21)12-24(31(44)45)40-30(43)27-22(33)13-19(14-23(27)34)42-9-10-46-16-26(42)32(35,36)37/h4-8,11,13-15,24,26H,9-10,12,16H2,1-3H3,(H,40,43)(H,44,45)/t24-,26+/m0/s1. The minimum atomic E-state index is -4.73. The number of ether oxygens (including phenoxy) is 1. The number of aromatic nitrogens is 2. The molecule has 0 aliphatic carbocycles. The summed E-state index contributed by atoms with van der Waals surface area (Å²) < 4.78 is 75.7. The van der Waals surface area contributed by atoms with Crippen LogP contribution in [0.4, 0.5) is 33.3 Å². The van der Waals surface area contributed by atoms with Crippen LogP contribution in [-0.2, 0) is 16.0 Å². The molecular formula is C32H30F5N5O4. The van der Waals surface area contributed by atoms with Crippen molar-refractivity contribution in [3.8, 4) is 11.3 Å². The molecule has 9 nitrogen and oxygen atoms in total. The number of aryl methyl sites for hydroxylation is 1. The van der Waals surface area contributed by atoms with E-state index in [-0.39, 0.29) is 19.6 Å². The summed E-state index contributed by atoms with van der Waals surface area (Å²) >= 11 is 0. The smallest absolute Gasteiger partial charge is 0.411 e. The number of carboxylic acid groups (broad SMARTS) is 1. The van der Waals surface area contributed by atoms with Gasteiger partial charge < -0.3 is 25.0 Å². The number of carboxylic acids is 1. The van der Waals surface area contributed by atoms with E-state index >= 15 is 8.78 Å². The first kappa shape index (κ1) is 32.5. The molecule has 2 aromatic heterocycles. The Labute approximate surface area is 260 Å². The van der Waals surface area contributed by atoms with Crippen LogP contribution in [0, 0.1) is 18.6 Å². The Balaban J connectivity index is 1.44. The number of benzene rings is 2. The lowest BCUT2D eigenvalue weighted by molar-refractivity contribution is -0.167. The highest BCUT2D eigenvalue weighted by Crippen LogP contribution is 2.35. The maximum absolute atomic E-state index is 15.1. The Hall–Kier alpha value is -4.85. The second-order valence-corrected chi connectivity index (χ2v) is 11.1. The monoisotopic (exact) mass is 643 g/mol. The average Bonchev–Trinajstić information content (AvgIpc) is 3.00. The van der Waals surface area contributed by atoms with E-state index in [0.717, 1.165) is 16.2 Å². The lowest BCUT2D eigenvalue weighted by Gasteiger charge is -2.38. The number of morpholine rings is 1. The first-order valence-electron chi connectivity index (χ1n) is 14.2. The highest BCUT2D eigenvalue weighted by atomic mass is 19.4. The third-order valence-electron chi connectivity index (χ3n) is 7.72. The molecule has 5 rings (SSSR count). The van der Waals surface area contributed by atoms with Gasteiger partial charge in [0.15, 0.2) is 0 Å². The van der Waals surface area contributed by atoms with Gasteiger partial charge in [-0.2, -0.15) is 13.2 Å². The molecule has 1 aliphatic heterocycles. The number of hydrogen-bond donors (Lipinski definition) is 2. The molecule has 0 bridgehead atoms. The van der Waals surface area contributed by atoms with Crippen molar-refractivity contribution in [3.63, 3.8) is 0 Å². The number of alkyl halides is 3. The SMILES string of the molecule is Cc1cnc(-c2ccc(C[C@H](NC(=O)c3c(F)cc(N4CCOC[C@@H]4C(F)(F)F)cc3F)C(=O)O)c3cccnc23)c(N(C)C)c1. The van der Waals surface area contributed by atoms with Gasteiger partial charge in [-0.1, -0.05) is 18.2 Å². The van der Waals surface area contributed by atoms with E-state index in [4.69, 9.17) is 4.74 Å². The quantitative estimate of drug-likeness (QED) is 0.254. The van der Waals surface area contributed by atoms with Crippen LogP contribution in [0.15, 0.2) is 54.9 Å². The van der Waals surface area contributed by atoms with Gasteiger partial charge in [-0.25, -0.2) is 13.6 Å². The Bertz CT molecular complexity index is 1780. The molecule has 242 valence electrons. The number of aliphatic carboxylic acids is 1. The highest BCUT2D eigenvalue weighted by molar-refractivity contribution is 5.99. The summed E-state index contributed by atoms with van der Waals surface area (Å²) in [6, 6.07) is 6.29. The van der Waals surface area contributed by atoms with Crippen LogP contribution < -0.4 is 15.1 Å². The molecule has 14 heteroatoms. The highest BCUT2D eigenvalue weighted by Gasteiger charge is 2.46. The van der Waals surface area contributed by atoms with E-state index in [1.54, 1.807) is 36.7 Å². The van der Waals surface area contributed by atoms with E-state index in [1.165, 1.54) is 0 Å². The Morgan fingerprint density at radius 3 is 2.50 bits per heavy atom. The fourth-order valence-corrected chi connectivity index (χ4v) is 5.48. The number of rotatable bonds is 8. The first-order valence-corrected chi connectivity index (χ1v) is 14.2. The third-order valence-corrected chi connectivity index (χ3v) is 7.72. The van der Waals surface area contributed by atoms with Crippen molar-refractivity contribution in [2.75, 3.05) is 43.7 Å². The number of carbonyl (C=O) groups is 2. The number of halogens is 5. The zero-order chi connectivity index (χ0) is 33.3. The molecule has 0 unspecified atom stereocenters. The molecule has 1 fully saturated rings. The van der Waals surface area contributed by atoms with Crippen LogP contribution in [0.1, 0.15) is 21.5 Å².